The summed E-state index contributed by atoms with van der Waals surface area (Å²) >= 11 is 0. The van der Waals surface area contributed by atoms with Crippen LogP contribution in [0.4, 0.5) is 0 Å². The highest BCUT2D eigenvalue weighted by atomic mass is 16.5. The molecule has 0 saturated heterocycles. The molecule has 0 aliphatic rings. The van der Waals surface area contributed by atoms with Crippen LogP contribution in [0.3, 0.4) is 0 Å². The van der Waals surface area contributed by atoms with Gasteiger partial charge in [0.05, 0.1) is 0 Å². The maximum atomic E-state index is 11.3. The third-order valence-electron chi connectivity index (χ3n) is 2.94. The molecule has 0 atom stereocenters. The van der Waals surface area contributed by atoms with Crippen molar-refractivity contribution in [2.24, 2.45) is 5.73 Å². The standard InChI is InChI=1S/C16H19N3O2/c17-8-5-16(20)19-11-13-1-3-15(4-2-13)21-12-14-6-9-18-10-7-14/h1-4,6-7,9-10H,5,8,11-12,17H2,(H,19,20). The number of ether oxygens (including phenoxy) is 1. The second-order valence-electron chi connectivity index (χ2n) is 4.60. The van der Waals surface area contributed by atoms with Crippen molar-refractivity contribution in [3.05, 3.63) is 59.9 Å². The Bertz CT molecular complexity index is 555. The number of nitrogens with zero attached hydrogens (tertiary/aromatic N) is 1. The van der Waals surface area contributed by atoms with Gasteiger partial charge in [0.15, 0.2) is 0 Å². The topological polar surface area (TPSA) is 77.2 Å². The lowest BCUT2D eigenvalue weighted by molar-refractivity contribution is -0.121. The average molecular weight is 285 g/mol. The summed E-state index contributed by atoms with van der Waals surface area (Å²) in [7, 11) is 0. The first kappa shape index (κ1) is 15.0. The van der Waals surface area contributed by atoms with Crippen molar-refractivity contribution in [1.29, 1.82) is 0 Å². The monoisotopic (exact) mass is 285 g/mol. The molecule has 5 nitrogen and oxygen atoms in total. The maximum Gasteiger partial charge on any atom is 0.221 e. The van der Waals surface area contributed by atoms with Crippen LogP contribution in [0.25, 0.3) is 0 Å². The minimum atomic E-state index is -0.0319. The summed E-state index contributed by atoms with van der Waals surface area (Å²) in [5.74, 6) is 0.763. The molecule has 5 heteroatoms. The number of aromatic nitrogens is 1. The van der Waals surface area contributed by atoms with Crippen LogP contribution in [0, 0.1) is 0 Å². The third kappa shape index (κ3) is 5.24. The summed E-state index contributed by atoms with van der Waals surface area (Å²) in [5, 5.41) is 2.81. The summed E-state index contributed by atoms with van der Waals surface area (Å²) in [4.78, 5) is 15.3. The van der Waals surface area contributed by atoms with E-state index in [2.05, 4.69) is 10.3 Å². The molecule has 0 radical (unpaired) electrons. The van der Waals surface area contributed by atoms with E-state index in [1.807, 2.05) is 36.4 Å². The summed E-state index contributed by atoms with van der Waals surface area (Å²) in [6, 6.07) is 11.5. The van der Waals surface area contributed by atoms with Crippen molar-refractivity contribution in [2.75, 3.05) is 6.54 Å². The highest BCUT2D eigenvalue weighted by Gasteiger charge is 2.00. The Hall–Kier alpha value is -2.40. The van der Waals surface area contributed by atoms with Crippen LogP contribution in [0.15, 0.2) is 48.8 Å². The van der Waals surface area contributed by atoms with Crippen LogP contribution in [0.2, 0.25) is 0 Å². The van der Waals surface area contributed by atoms with E-state index in [-0.39, 0.29) is 5.91 Å². The zero-order valence-corrected chi connectivity index (χ0v) is 11.8. The average Bonchev–Trinajstić information content (AvgIpc) is 2.53. The van der Waals surface area contributed by atoms with Gasteiger partial charge in [-0.15, -0.1) is 0 Å². The van der Waals surface area contributed by atoms with Gasteiger partial charge in [-0.3, -0.25) is 9.78 Å². The molecule has 1 aromatic heterocycles. The molecule has 0 spiro atoms. The molecule has 3 N–H and O–H groups in total. The van der Waals surface area contributed by atoms with Crippen LogP contribution in [0.5, 0.6) is 5.75 Å². The Morgan fingerprint density at radius 3 is 2.48 bits per heavy atom. The molecule has 0 bridgehead atoms. The largest absolute Gasteiger partial charge is 0.489 e. The molecule has 0 aliphatic heterocycles. The number of nitrogens with two attached hydrogens (primary N) is 1. The number of amides is 1. The quantitative estimate of drug-likeness (QED) is 0.810. The molecule has 0 fully saturated rings. The van der Waals surface area contributed by atoms with Crippen molar-refractivity contribution in [2.45, 2.75) is 19.6 Å². The fourth-order valence-electron chi connectivity index (χ4n) is 1.77. The summed E-state index contributed by atoms with van der Waals surface area (Å²) in [5.41, 5.74) is 7.42. The highest BCUT2D eigenvalue weighted by molar-refractivity contribution is 5.76. The Kier molecular flexibility index (Phi) is 5.72. The lowest BCUT2D eigenvalue weighted by Crippen LogP contribution is -2.24. The number of rotatable bonds is 7. The van der Waals surface area contributed by atoms with E-state index < -0.39 is 0 Å². The highest BCUT2D eigenvalue weighted by Crippen LogP contribution is 2.14. The second-order valence-corrected chi connectivity index (χ2v) is 4.60. The zero-order valence-electron chi connectivity index (χ0n) is 11.8. The van der Waals surface area contributed by atoms with E-state index in [1.54, 1.807) is 12.4 Å². The Morgan fingerprint density at radius 2 is 1.81 bits per heavy atom. The van der Waals surface area contributed by atoms with Gasteiger partial charge in [0.25, 0.3) is 0 Å². The molecule has 1 aromatic carbocycles. The maximum absolute atomic E-state index is 11.3. The molecule has 1 heterocycles. The van der Waals surface area contributed by atoms with E-state index in [0.717, 1.165) is 16.9 Å². The molecule has 2 aromatic rings. The first-order chi connectivity index (χ1) is 10.3. The number of nitrogens with one attached hydrogen (secondary N) is 1. The van der Waals surface area contributed by atoms with Gasteiger partial charge in [-0.2, -0.15) is 0 Å². The van der Waals surface area contributed by atoms with Crippen molar-refractivity contribution in [3.63, 3.8) is 0 Å². The smallest absolute Gasteiger partial charge is 0.221 e. The first-order valence-corrected chi connectivity index (χ1v) is 6.85. The molecule has 2 rings (SSSR count). The van der Waals surface area contributed by atoms with Gasteiger partial charge in [-0.25, -0.2) is 0 Å². The number of hydrogen-bond acceptors (Lipinski definition) is 4. The zero-order chi connectivity index (χ0) is 14.9. The van der Waals surface area contributed by atoms with Gasteiger partial charge in [0, 0.05) is 31.9 Å². The van der Waals surface area contributed by atoms with Gasteiger partial charge in [-0.1, -0.05) is 12.1 Å². The lowest BCUT2D eigenvalue weighted by atomic mass is 10.2. The number of benzene rings is 1. The molecular weight excluding hydrogens is 266 g/mol. The third-order valence-corrected chi connectivity index (χ3v) is 2.94. The lowest BCUT2D eigenvalue weighted by Gasteiger charge is -2.08. The van der Waals surface area contributed by atoms with Crippen LogP contribution in [-0.4, -0.2) is 17.4 Å². The van der Waals surface area contributed by atoms with Crippen molar-refractivity contribution >= 4 is 5.91 Å². The van der Waals surface area contributed by atoms with Gasteiger partial charge >= 0.3 is 0 Å². The van der Waals surface area contributed by atoms with E-state index >= 15 is 0 Å². The minimum absolute atomic E-state index is 0.0319. The molecule has 0 saturated carbocycles. The summed E-state index contributed by atoms with van der Waals surface area (Å²) in [6.07, 6.45) is 3.84. The summed E-state index contributed by atoms with van der Waals surface area (Å²) in [6.45, 7) is 1.38. The Balaban J connectivity index is 1.80. The number of carbonyl (C=O) groups is 1. The molecule has 0 aliphatic carbocycles. The number of carbonyl (C=O) groups excluding carboxylic acids is 1. The van der Waals surface area contributed by atoms with Crippen molar-refractivity contribution in [1.82, 2.24) is 10.3 Å². The molecule has 110 valence electrons. The number of pyridine rings is 1. The number of hydrogen-bond donors (Lipinski definition) is 2. The Morgan fingerprint density at radius 1 is 1.10 bits per heavy atom. The molecular formula is C16H19N3O2. The van der Waals surface area contributed by atoms with E-state index in [1.165, 1.54) is 0 Å². The van der Waals surface area contributed by atoms with Gasteiger partial charge in [-0.05, 0) is 35.4 Å². The van der Waals surface area contributed by atoms with Crippen LogP contribution < -0.4 is 15.8 Å². The van der Waals surface area contributed by atoms with Gasteiger partial charge in [0.2, 0.25) is 5.91 Å². The SMILES string of the molecule is NCCC(=O)NCc1ccc(OCc2ccncc2)cc1. The van der Waals surface area contributed by atoms with E-state index in [4.69, 9.17) is 10.5 Å². The van der Waals surface area contributed by atoms with Gasteiger partial charge < -0.3 is 15.8 Å². The van der Waals surface area contributed by atoms with Crippen molar-refractivity contribution in [3.8, 4) is 5.75 Å². The molecule has 1 amide bonds. The second kappa shape index (κ2) is 8.01. The van der Waals surface area contributed by atoms with Gasteiger partial charge in [0.1, 0.15) is 12.4 Å². The first-order valence-electron chi connectivity index (χ1n) is 6.85. The Labute approximate surface area is 124 Å². The van der Waals surface area contributed by atoms with Crippen LogP contribution in [-0.2, 0) is 17.9 Å². The van der Waals surface area contributed by atoms with Crippen LogP contribution in [0.1, 0.15) is 17.5 Å². The fourth-order valence-corrected chi connectivity index (χ4v) is 1.77. The summed E-state index contributed by atoms with van der Waals surface area (Å²) < 4.78 is 5.68. The van der Waals surface area contributed by atoms with E-state index in [0.29, 0.717) is 26.1 Å². The van der Waals surface area contributed by atoms with Crippen molar-refractivity contribution < 1.29 is 9.53 Å². The van der Waals surface area contributed by atoms with E-state index in [9.17, 15) is 4.79 Å². The minimum Gasteiger partial charge on any atom is -0.489 e. The fraction of sp³-hybridized carbons (Fsp3) is 0.250. The molecule has 21 heavy (non-hydrogen) atoms. The normalized spacial score (nSPS) is 10.1. The van der Waals surface area contributed by atoms with Crippen LogP contribution >= 0.6 is 0 Å². The predicted octanol–water partition coefficient (Wildman–Crippen LogP) is 1.63. The molecule has 0 unspecified atom stereocenters. The predicted molar refractivity (Wildman–Crippen MR) is 80.5 cm³/mol.